The van der Waals surface area contributed by atoms with E-state index in [0.717, 1.165) is 22.0 Å². The second-order valence-electron chi connectivity index (χ2n) is 4.17. The molecule has 1 unspecified atom stereocenters. The van der Waals surface area contributed by atoms with Crippen LogP contribution in [0, 0.1) is 0 Å². The van der Waals surface area contributed by atoms with Crippen LogP contribution in [0.3, 0.4) is 0 Å². The van der Waals surface area contributed by atoms with Gasteiger partial charge in [-0.3, -0.25) is 0 Å². The lowest BCUT2D eigenvalue weighted by atomic mass is 10.1. The summed E-state index contributed by atoms with van der Waals surface area (Å²) in [6.07, 6.45) is 0. The van der Waals surface area contributed by atoms with Gasteiger partial charge in [-0.2, -0.15) is 0 Å². The van der Waals surface area contributed by atoms with Crippen molar-refractivity contribution in [2.45, 2.75) is 19.8 Å². The monoisotopic (exact) mass is 262 g/mol. The molecule has 3 nitrogen and oxygen atoms in total. The van der Waals surface area contributed by atoms with Crippen molar-refractivity contribution < 1.29 is 4.74 Å². The maximum Gasteiger partial charge on any atom is 0.119 e. The number of ether oxygens (including phenoxy) is 1. The van der Waals surface area contributed by atoms with Gasteiger partial charge >= 0.3 is 0 Å². The molecule has 0 spiro atoms. The van der Waals surface area contributed by atoms with Crippen LogP contribution < -0.4 is 10.5 Å². The van der Waals surface area contributed by atoms with Crippen LogP contribution in [0.1, 0.15) is 24.8 Å². The summed E-state index contributed by atoms with van der Waals surface area (Å²) in [5.41, 5.74) is 7.78. The van der Waals surface area contributed by atoms with E-state index in [1.165, 1.54) is 0 Å². The first-order chi connectivity index (χ1) is 8.74. The van der Waals surface area contributed by atoms with Gasteiger partial charge in [-0.15, -0.1) is 11.3 Å². The number of nitrogens with two attached hydrogens (primary N) is 1. The highest BCUT2D eigenvalue weighted by molar-refractivity contribution is 7.10. The quantitative estimate of drug-likeness (QED) is 0.899. The van der Waals surface area contributed by atoms with E-state index in [1.54, 1.807) is 11.3 Å². The Hall–Kier alpha value is -1.39. The SMILES string of the molecule is CCOc1ccc(-c2csc(C(C)CN)n2)cc1. The van der Waals surface area contributed by atoms with Crippen molar-refractivity contribution in [1.29, 1.82) is 0 Å². The molecule has 2 N–H and O–H groups in total. The molecule has 2 aromatic rings. The Labute approximate surface area is 112 Å². The molecule has 2 rings (SSSR count). The Kier molecular flexibility index (Phi) is 4.33. The largest absolute Gasteiger partial charge is 0.494 e. The summed E-state index contributed by atoms with van der Waals surface area (Å²) in [5, 5.41) is 3.18. The molecule has 4 heteroatoms. The fourth-order valence-electron chi connectivity index (χ4n) is 1.64. The zero-order valence-corrected chi connectivity index (χ0v) is 11.5. The maximum absolute atomic E-state index is 5.66. The van der Waals surface area contributed by atoms with Gasteiger partial charge in [-0.05, 0) is 31.2 Å². The minimum atomic E-state index is 0.325. The molecular weight excluding hydrogens is 244 g/mol. The topological polar surface area (TPSA) is 48.1 Å². The van der Waals surface area contributed by atoms with E-state index in [2.05, 4.69) is 17.3 Å². The molecule has 0 amide bonds. The third-order valence-electron chi connectivity index (χ3n) is 2.76. The highest BCUT2D eigenvalue weighted by Gasteiger charge is 2.09. The first kappa shape index (κ1) is 13.1. The van der Waals surface area contributed by atoms with Crippen LogP contribution in [0.5, 0.6) is 5.75 Å². The molecule has 0 aliphatic carbocycles. The lowest BCUT2D eigenvalue weighted by Crippen LogP contribution is -2.08. The second-order valence-corrected chi connectivity index (χ2v) is 5.05. The van der Waals surface area contributed by atoms with E-state index >= 15 is 0 Å². The Balaban J connectivity index is 2.18. The number of hydrogen-bond donors (Lipinski definition) is 1. The molecule has 0 aliphatic rings. The van der Waals surface area contributed by atoms with Crippen molar-refractivity contribution >= 4 is 11.3 Å². The fraction of sp³-hybridized carbons (Fsp3) is 0.357. The van der Waals surface area contributed by atoms with Crippen molar-refractivity contribution in [3.05, 3.63) is 34.7 Å². The van der Waals surface area contributed by atoms with Gasteiger partial charge in [0.25, 0.3) is 0 Å². The molecule has 1 heterocycles. The lowest BCUT2D eigenvalue weighted by Gasteiger charge is -2.04. The minimum Gasteiger partial charge on any atom is -0.494 e. The van der Waals surface area contributed by atoms with Crippen LogP contribution >= 0.6 is 11.3 Å². The zero-order valence-electron chi connectivity index (χ0n) is 10.7. The van der Waals surface area contributed by atoms with E-state index < -0.39 is 0 Å². The van der Waals surface area contributed by atoms with Gasteiger partial charge in [-0.1, -0.05) is 6.92 Å². The summed E-state index contributed by atoms with van der Waals surface area (Å²) in [4.78, 5) is 4.62. The Morgan fingerprint density at radius 1 is 1.33 bits per heavy atom. The van der Waals surface area contributed by atoms with E-state index in [0.29, 0.717) is 19.1 Å². The van der Waals surface area contributed by atoms with Crippen LogP contribution in [-0.2, 0) is 0 Å². The Bertz CT molecular complexity index is 493. The molecule has 96 valence electrons. The molecule has 0 bridgehead atoms. The molecule has 0 radical (unpaired) electrons. The summed E-state index contributed by atoms with van der Waals surface area (Å²) in [7, 11) is 0. The molecule has 1 atom stereocenters. The van der Waals surface area contributed by atoms with Crippen LogP contribution in [0.2, 0.25) is 0 Å². The van der Waals surface area contributed by atoms with Crippen molar-refractivity contribution in [2.75, 3.05) is 13.2 Å². The van der Waals surface area contributed by atoms with Crippen molar-refractivity contribution in [2.24, 2.45) is 5.73 Å². The standard InChI is InChI=1S/C14H18N2OS/c1-3-17-12-6-4-11(5-7-12)13-9-18-14(16-13)10(2)8-15/h4-7,9-10H,3,8,15H2,1-2H3. The van der Waals surface area contributed by atoms with Crippen LogP contribution in [0.25, 0.3) is 11.3 Å². The predicted octanol–water partition coefficient (Wildman–Crippen LogP) is 3.27. The average Bonchev–Trinajstić information content (AvgIpc) is 2.89. The van der Waals surface area contributed by atoms with Crippen molar-refractivity contribution in [3.8, 4) is 17.0 Å². The number of thiazole rings is 1. The van der Waals surface area contributed by atoms with Crippen molar-refractivity contribution in [3.63, 3.8) is 0 Å². The normalized spacial score (nSPS) is 12.4. The summed E-state index contributed by atoms with van der Waals surface area (Å²) in [5.74, 6) is 1.22. The zero-order chi connectivity index (χ0) is 13.0. The van der Waals surface area contributed by atoms with E-state index in [4.69, 9.17) is 10.5 Å². The Morgan fingerprint density at radius 3 is 2.67 bits per heavy atom. The maximum atomic E-state index is 5.66. The number of benzene rings is 1. The van der Waals surface area contributed by atoms with E-state index in [1.807, 2.05) is 31.2 Å². The van der Waals surface area contributed by atoms with Gasteiger partial charge in [0.05, 0.1) is 17.3 Å². The molecule has 0 fully saturated rings. The van der Waals surface area contributed by atoms with Gasteiger partial charge in [0.2, 0.25) is 0 Å². The molecule has 1 aromatic carbocycles. The number of nitrogens with zero attached hydrogens (tertiary/aromatic N) is 1. The first-order valence-electron chi connectivity index (χ1n) is 6.13. The van der Waals surface area contributed by atoms with Crippen LogP contribution in [0.15, 0.2) is 29.6 Å². The summed E-state index contributed by atoms with van der Waals surface area (Å²) >= 11 is 1.67. The van der Waals surface area contributed by atoms with Gasteiger partial charge in [0, 0.05) is 23.4 Å². The third-order valence-corrected chi connectivity index (χ3v) is 3.83. The lowest BCUT2D eigenvalue weighted by molar-refractivity contribution is 0.340. The minimum absolute atomic E-state index is 0.325. The molecule has 0 aliphatic heterocycles. The highest BCUT2D eigenvalue weighted by Crippen LogP contribution is 2.27. The van der Waals surface area contributed by atoms with Crippen LogP contribution in [-0.4, -0.2) is 18.1 Å². The van der Waals surface area contributed by atoms with Gasteiger partial charge < -0.3 is 10.5 Å². The number of aromatic nitrogens is 1. The highest BCUT2D eigenvalue weighted by atomic mass is 32.1. The molecular formula is C14H18N2OS. The van der Waals surface area contributed by atoms with Crippen molar-refractivity contribution in [1.82, 2.24) is 4.98 Å². The molecule has 0 saturated heterocycles. The third kappa shape index (κ3) is 2.89. The van der Waals surface area contributed by atoms with Gasteiger partial charge in [0.15, 0.2) is 0 Å². The number of hydrogen-bond acceptors (Lipinski definition) is 4. The summed E-state index contributed by atoms with van der Waals surface area (Å²) in [6, 6.07) is 8.03. The molecule has 1 aromatic heterocycles. The first-order valence-corrected chi connectivity index (χ1v) is 7.01. The molecule has 18 heavy (non-hydrogen) atoms. The summed E-state index contributed by atoms with van der Waals surface area (Å²) < 4.78 is 5.42. The summed E-state index contributed by atoms with van der Waals surface area (Å²) in [6.45, 7) is 5.40. The van der Waals surface area contributed by atoms with Crippen LogP contribution in [0.4, 0.5) is 0 Å². The second kappa shape index (κ2) is 5.98. The van der Waals surface area contributed by atoms with E-state index in [9.17, 15) is 0 Å². The fourth-order valence-corrected chi connectivity index (χ4v) is 2.54. The van der Waals surface area contributed by atoms with E-state index in [-0.39, 0.29) is 0 Å². The Morgan fingerprint density at radius 2 is 2.06 bits per heavy atom. The predicted molar refractivity (Wildman–Crippen MR) is 76.2 cm³/mol. The molecule has 0 saturated carbocycles. The average molecular weight is 262 g/mol. The smallest absolute Gasteiger partial charge is 0.119 e. The number of rotatable bonds is 5. The van der Waals surface area contributed by atoms with Gasteiger partial charge in [0.1, 0.15) is 5.75 Å². The van der Waals surface area contributed by atoms with Gasteiger partial charge in [-0.25, -0.2) is 4.98 Å².